The highest BCUT2D eigenvalue weighted by Crippen LogP contribution is 2.34. The van der Waals surface area contributed by atoms with E-state index in [0.717, 1.165) is 49.9 Å². The number of likely N-dealkylation sites (tertiary alicyclic amines) is 1. The lowest BCUT2D eigenvalue weighted by atomic mass is 9.89. The second-order valence-corrected chi connectivity index (χ2v) is 8.46. The summed E-state index contributed by atoms with van der Waals surface area (Å²) < 4.78 is 12.7. The van der Waals surface area contributed by atoms with Gasteiger partial charge in [0, 0.05) is 43.9 Å². The van der Waals surface area contributed by atoms with E-state index in [1.54, 1.807) is 14.2 Å². The molecule has 8 nitrogen and oxygen atoms in total. The summed E-state index contributed by atoms with van der Waals surface area (Å²) in [4.78, 5) is 15.4. The van der Waals surface area contributed by atoms with Crippen molar-refractivity contribution in [2.75, 3.05) is 32.6 Å². The number of benzene rings is 2. The summed E-state index contributed by atoms with van der Waals surface area (Å²) in [6.45, 7) is 3.63. The number of hydrogen-bond acceptors (Lipinski definition) is 6. The fourth-order valence-electron chi connectivity index (χ4n) is 4.85. The third kappa shape index (κ3) is 3.93. The summed E-state index contributed by atoms with van der Waals surface area (Å²) in [6, 6.07) is 15.4. The van der Waals surface area contributed by atoms with Gasteiger partial charge in [-0.2, -0.15) is 0 Å². The van der Waals surface area contributed by atoms with Crippen molar-refractivity contribution in [2.45, 2.75) is 19.5 Å². The number of aromatic nitrogens is 3. The SMILES string of the molecule is COc1ccc(NC(=O)c2nnc3n2C[C@@H]2CN(Cc4ccccc4OC)C[C@H]2C3)cc1. The van der Waals surface area contributed by atoms with Gasteiger partial charge in [0.15, 0.2) is 0 Å². The van der Waals surface area contributed by atoms with Gasteiger partial charge in [0.1, 0.15) is 17.3 Å². The molecule has 2 atom stereocenters. The van der Waals surface area contributed by atoms with E-state index in [4.69, 9.17) is 9.47 Å². The highest BCUT2D eigenvalue weighted by molar-refractivity contribution is 6.01. The Kier molecular flexibility index (Phi) is 5.53. The zero-order chi connectivity index (χ0) is 22.1. The average molecular weight is 434 g/mol. The van der Waals surface area contributed by atoms with Crippen LogP contribution >= 0.6 is 0 Å². The lowest BCUT2D eigenvalue weighted by Crippen LogP contribution is -2.31. The third-order valence-corrected chi connectivity index (χ3v) is 6.48. The lowest BCUT2D eigenvalue weighted by molar-refractivity contribution is 0.100. The molecule has 0 radical (unpaired) electrons. The van der Waals surface area contributed by atoms with Gasteiger partial charge in [-0.25, -0.2) is 0 Å². The quantitative estimate of drug-likeness (QED) is 0.644. The van der Waals surface area contributed by atoms with E-state index in [2.05, 4.69) is 32.5 Å². The predicted octanol–water partition coefficient (Wildman–Crippen LogP) is 2.85. The highest BCUT2D eigenvalue weighted by atomic mass is 16.5. The predicted molar refractivity (Wildman–Crippen MR) is 120 cm³/mol. The van der Waals surface area contributed by atoms with Gasteiger partial charge in [-0.15, -0.1) is 10.2 Å². The Balaban J connectivity index is 1.26. The molecule has 0 aliphatic carbocycles. The molecule has 5 rings (SSSR count). The molecule has 2 aromatic carbocycles. The fraction of sp³-hybridized carbons (Fsp3) is 0.375. The molecule has 1 amide bonds. The number of rotatable bonds is 6. The first-order valence-electron chi connectivity index (χ1n) is 10.9. The molecule has 0 spiro atoms. The van der Waals surface area contributed by atoms with E-state index in [9.17, 15) is 4.79 Å². The van der Waals surface area contributed by atoms with Crippen LogP contribution in [0.2, 0.25) is 0 Å². The third-order valence-electron chi connectivity index (χ3n) is 6.48. The van der Waals surface area contributed by atoms with Gasteiger partial charge in [-0.3, -0.25) is 9.69 Å². The molecule has 32 heavy (non-hydrogen) atoms. The van der Waals surface area contributed by atoms with Crippen molar-refractivity contribution >= 4 is 11.6 Å². The van der Waals surface area contributed by atoms with Crippen LogP contribution in [-0.2, 0) is 19.5 Å². The van der Waals surface area contributed by atoms with Crippen LogP contribution in [0.5, 0.6) is 11.5 Å². The van der Waals surface area contributed by atoms with Crippen LogP contribution in [0.15, 0.2) is 48.5 Å². The van der Waals surface area contributed by atoms with Gasteiger partial charge < -0.3 is 19.4 Å². The number of hydrogen-bond donors (Lipinski definition) is 1. The van der Waals surface area contributed by atoms with E-state index in [0.29, 0.717) is 23.3 Å². The standard InChI is InChI=1S/C24H27N5O3/c1-31-20-9-7-19(8-10-20)25-24(30)23-27-26-22-11-17-13-28(14-18(17)15-29(22)23)12-16-5-3-4-6-21(16)32-2/h3-10,17-18H,11-15H2,1-2H3,(H,25,30)/t17-,18+/m1/s1. The minimum absolute atomic E-state index is 0.240. The van der Waals surface area contributed by atoms with Gasteiger partial charge in [0.05, 0.1) is 14.2 Å². The largest absolute Gasteiger partial charge is 0.497 e. The van der Waals surface area contributed by atoms with Crippen LogP contribution < -0.4 is 14.8 Å². The number of methoxy groups -OCH3 is 2. The molecule has 0 saturated carbocycles. The molecule has 1 fully saturated rings. The van der Waals surface area contributed by atoms with Crippen molar-refractivity contribution in [3.8, 4) is 11.5 Å². The first-order chi connectivity index (χ1) is 15.6. The molecule has 2 aliphatic heterocycles. The van der Waals surface area contributed by atoms with Crippen LogP contribution in [0.4, 0.5) is 5.69 Å². The van der Waals surface area contributed by atoms with Crippen molar-refractivity contribution in [1.82, 2.24) is 19.7 Å². The summed E-state index contributed by atoms with van der Waals surface area (Å²) in [7, 11) is 3.33. The molecule has 8 heteroatoms. The summed E-state index contributed by atoms with van der Waals surface area (Å²) in [6.07, 6.45) is 0.843. The zero-order valence-corrected chi connectivity index (χ0v) is 18.3. The maximum Gasteiger partial charge on any atom is 0.293 e. The molecular formula is C24H27N5O3. The Morgan fingerprint density at radius 1 is 1.00 bits per heavy atom. The lowest BCUT2D eigenvalue weighted by Gasteiger charge is -2.25. The smallest absolute Gasteiger partial charge is 0.293 e. The molecule has 3 heterocycles. The fourth-order valence-corrected chi connectivity index (χ4v) is 4.85. The second kappa shape index (κ2) is 8.63. The van der Waals surface area contributed by atoms with Gasteiger partial charge in [0.2, 0.25) is 5.82 Å². The second-order valence-electron chi connectivity index (χ2n) is 8.46. The first-order valence-corrected chi connectivity index (χ1v) is 10.9. The monoisotopic (exact) mass is 433 g/mol. The summed E-state index contributed by atoms with van der Waals surface area (Å²) in [5.41, 5.74) is 1.90. The maximum atomic E-state index is 12.9. The minimum atomic E-state index is -0.240. The summed E-state index contributed by atoms with van der Waals surface area (Å²) in [5, 5.41) is 11.5. The van der Waals surface area contributed by atoms with Crippen molar-refractivity contribution in [2.24, 2.45) is 11.8 Å². The average Bonchev–Trinajstić information content (AvgIpc) is 3.41. The molecular weight excluding hydrogens is 406 g/mol. The Hall–Kier alpha value is -3.39. The molecule has 1 N–H and O–H groups in total. The number of amides is 1. The number of nitrogens with one attached hydrogen (secondary N) is 1. The van der Waals surface area contributed by atoms with Gasteiger partial charge in [0.25, 0.3) is 5.91 Å². The Bertz CT molecular complexity index is 1110. The van der Waals surface area contributed by atoms with Crippen molar-refractivity contribution in [3.05, 3.63) is 65.7 Å². The summed E-state index contributed by atoms with van der Waals surface area (Å²) in [5.74, 6) is 3.70. The Labute approximate surface area is 187 Å². The van der Waals surface area contributed by atoms with E-state index in [-0.39, 0.29) is 5.91 Å². The van der Waals surface area contributed by atoms with E-state index < -0.39 is 0 Å². The number of carbonyl (C=O) groups is 1. The van der Waals surface area contributed by atoms with Crippen LogP contribution in [-0.4, -0.2) is 52.9 Å². The number of carbonyl (C=O) groups excluding carboxylic acids is 1. The van der Waals surface area contributed by atoms with Gasteiger partial charge in [-0.1, -0.05) is 18.2 Å². The highest BCUT2D eigenvalue weighted by Gasteiger charge is 2.39. The van der Waals surface area contributed by atoms with Gasteiger partial charge >= 0.3 is 0 Å². The Morgan fingerprint density at radius 3 is 2.56 bits per heavy atom. The Morgan fingerprint density at radius 2 is 1.78 bits per heavy atom. The molecule has 3 aromatic rings. The number of ether oxygens (including phenoxy) is 2. The first kappa shape index (κ1) is 20.5. The molecule has 0 bridgehead atoms. The number of nitrogens with zero attached hydrogens (tertiary/aromatic N) is 4. The molecule has 2 aliphatic rings. The summed E-state index contributed by atoms with van der Waals surface area (Å²) >= 11 is 0. The topological polar surface area (TPSA) is 81.5 Å². The number of anilines is 1. The van der Waals surface area contributed by atoms with Crippen molar-refractivity contribution < 1.29 is 14.3 Å². The molecule has 166 valence electrons. The van der Waals surface area contributed by atoms with Crippen molar-refractivity contribution in [1.29, 1.82) is 0 Å². The maximum absolute atomic E-state index is 12.9. The van der Waals surface area contributed by atoms with Crippen LogP contribution in [0.3, 0.4) is 0 Å². The van der Waals surface area contributed by atoms with Crippen LogP contribution in [0, 0.1) is 11.8 Å². The molecule has 0 unspecified atom stereocenters. The van der Waals surface area contributed by atoms with Gasteiger partial charge in [-0.05, 0) is 42.2 Å². The number of fused-ring (bicyclic) bond motifs is 2. The van der Waals surface area contributed by atoms with E-state index >= 15 is 0 Å². The van der Waals surface area contributed by atoms with E-state index in [1.807, 2.05) is 41.0 Å². The molecule has 1 aromatic heterocycles. The van der Waals surface area contributed by atoms with E-state index in [1.165, 1.54) is 5.56 Å². The number of para-hydroxylation sites is 1. The van der Waals surface area contributed by atoms with Crippen molar-refractivity contribution in [3.63, 3.8) is 0 Å². The van der Waals surface area contributed by atoms with Crippen LogP contribution in [0.25, 0.3) is 0 Å². The minimum Gasteiger partial charge on any atom is -0.497 e. The van der Waals surface area contributed by atoms with Crippen LogP contribution in [0.1, 0.15) is 22.0 Å². The normalized spacial score (nSPS) is 19.8. The zero-order valence-electron chi connectivity index (χ0n) is 18.3. The molecule has 1 saturated heterocycles.